The Morgan fingerprint density at radius 1 is 1.34 bits per heavy atom. The summed E-state index contributed by atoms with van der Waals surface area (Å²) in [7, 11) is 0. The number of thioether (sulfide) groups is 1. The summed E-state index contributed by atoms with van der Waals surface area (Å²) in [5, 5.41) is 16.2. The number of carboxylic acids is 1. The molecular weight excluding hydrogens is 418 g/mol. The third-order valence-electron chi connectivity index (χ3n) is 5.18. The van der Waals surface area contributed by atoms with E-state index in [1.165, 1.54) is 16.7 Å². The Morgan fingerprint density at radius 3 is 2.69 bits per heavy atom. The smallest absolute Gasteiger partial charge is 0.327 e. The van der Waals surface area contributed by atoms with Crippen molar-refractivity contribution in [2.45, 2.75) is 43.0 Å². The fourth-order valence-corrected chi connectivity index (χ4v) is 5.69. The highest BCUT2D eigenvalue weighted by molar-refractivity contribution is 8.01. The number of aryl methyl sites for hydroxylation is 1. The first-order valence-electron chi connectivity index (χ1n) is 8.88. The monoisotopic (exact) mass is 435 g/mol. The zero-order valence-electron chi connectivity index (χ0n) is 15.8. The number of aromatic nitrogens is 1. The summed E-state index contributed by atoms with van der Waals surface area (Å²) in [4.78, 5) is 38.6. The Labute approximate surface area is 175 Å². The lowest BCUT2D eigenvalue weighted by molar-refractivity contribution is -0.159. The van der Waals surface area contributed by atoms with Crippen LogP contribution in [0.5, 0.6) is 0 Å². The first-order valence-corrected chi connectivity index (χ1v) is 10.1. The summed E-state index contributed by atoms with van der Waals surface area (Å²) in [6, 6.07) is 5.18. The molecule has 0 unspecified atom stereocenters. The number of carbonyl (C=O) groups excluding carboxylic acids is 2. The van der Waals surface area contributed by atoms with E-state index in [-0.39, 0.29) is 11.3 Å². The van der Waals surface area contributed by atoms with Gasteiger partial charge in [0.1, 0.15) is 34.5 Å². The van der Waals surface area contributed by atoms with Crippen LogP contribution < -0.4 is 5.32 Å². The van der Waals surface area contributed by atoms with Gasteiger partial charge in [0.2, 0.25) is 5.91 Å². The first-order chi connectivity index (χ1) is 13.6. The van der Waals surface area contributed by atoms with Crippen molar-refractivity contribution >= 4 is 41.1 Å². The van der Waals surface area contributed by atoms with Crippen LogP contribution in [0.1, 0.15) is 30.0 Å². The Kier molecular flexibility index (Phi) is 4.62. The van der Waals surface area contributed by atoms with Crippen LogP contribution in [0.25, 0.3) is 11.3 Å². The van der Waals surface area contributed by atoms with Crippen LogP contribution in [0.3, 0.4) is 0 Å². The van der Waals surface area contributed by atoms with Gasteiger partial charge in [0.05, 0.1) is 5.02 Å². The number of carboxylic acid groups (broad SMARTS) is 1. The molecule has 2 aliphatic rings. The van der Waals surface area contributed by atoms with Crippen molar-refractivity contribution in [2.24, 2.45) is 0 Å². The van der Waals surface area contributed by atoms with Crippen LogP contribution in [-0.4, -0.2) is 55.2 Å². The van der Waals surface area contributed by atoms with Crippen molar-refractivity contribution in [3.8, 4) is 11.3 Å². The maximum absolute atomic E-state index is 13.0. The van der Waals surface area contributed by atoms with Gasteiger partial charge in [-0.1, -0.05) is 35.0 Å². The number of halogens is 1. The molecule has 0 bridgehead atoms. The number of nitrogens with one attached hydrogen (secondary N) is 1. The number of β-lactam (4-membered cyclic amide) rings is 1. The molecule has 0 saturated carbocycles. The van der Waals surface area contributed by atoms with Gasteiger partial charge < -0.3 is 19.8 Å². The Morgan fingerprint density at radius 2 is 2.03 bits per heavy atom. The summed E-state index contributed by atoms with van der Waals surface area (Å²) in [5.74, 6) is -1.70. The van der Waals surface area contributed by atoms with Crippen LogP contribution >= 0.6 is 23.4 Å². The van der Waals surface area contributed by atoms with Crippen LogP contribution in [0, 0.1) is 6.92 Å². The van der Waals surface area contributed by atoms with Gasteiger partial charge in [-0.15, -0.1) is 11.8 Å². The van der Waals surface area contributed by atoms with E-state index in [4.69, 9.17) is 16.1 Å². The molecule has 0 radical (unpaired) electrons. The number of carbonyl (C=O) groups is 3. The van der Waals surface area contributed by atoms with E-state index < -0.39 is 40.0 Å². The molecule has 2 N–H and O–H groups in total. The number of nitrogens with zero attached hydrogens (tertiary/aromatic N) is 2. The summed E-state index contributed by atoms with van der Waals surface area (Å²) in [6.07, 6.45) is 0. The average molecular weight is 436 g/mol. The molecule has 2 fully saturated rings. The van der Waals surface area contributed by atoms with Gasteiger partial charge in [-0.2, -0.15) is 0 Å². The Bertz CT molecular complexity index is 1040. The first kappa shape index (κ1) is 19.8. The quantitative estimate of drug-likeness (QED) is 0.709. The minimum atomic E-state index is -1.06. The van der Waals surface area contributed by atoms with Gasteiger partial charge in [-0.25, -0.2) is 4.79 Å². The number of fused-ring (bicyclic) bond motifs is 1. The normalized spacial score (nSPS) is 24.8. The van der Waals surface area contributed by atoms with Gasteiger partial charge in [-0.05, 0) is 26.8 Å². The fourth-order valence-electron chi connectivity index (χ4n) is 3.84. The minimum absolute atomic E-state index is 0.196. The second-order valence-corrected chi connectivity index (χ2v) is 9.67. The van der Waals surface area contributed by atoms with Crippen molar-refractivity contribution in [1.82, 2.24) is 15.4 Å². The van der Waals surface area contributed by atoms with E-state index in [1.54, 1.807) is 45.0 Å². The molecule has 4 rings (SSSR count). The van der Waals surface area contributed by atoms with Gasteiger partial charge in [0.25, 0.3) is 5.91 Å². The Hall–Kier alpha value is -2.52. The molecule has 2 saturated heterocycles. The minimum Gasteiger partial charge on any atom is -0.480 e. The highest BCUT2D eigenvalue weighted by Gasteiger charge is 2.64. The molecule has 10 heteroatoms. The van der Waals surface area contributed by atoms with E-state index in [9.17, 15) is 19.5 Å². The summed E-state index contributed by atoms with van der Waals surface area (Å²) < 4.78 is 4.54. The van der Waals surface area contributed by atoms with E-state index in [0.717, 1.165) is 0 Å². The zero-order chi connectivity index (χ0) is 21.1. The van der Waals surface area contributed by atoms with Crippen molar-refractivity contribution in [2.75, 3.05) is 0 Å². The topological polar surface area (TPSA) is 113 Å². The third-order valence-corrected chi connectivity index (χ3v) is 7.08. The molecule has 2 aliphatic heterocycles. The molecular formula is C19H18ClN3O5S. The fraction of sp³-hybridized carbons (Fsp3) is 0.368. The van der Waals surface area contributed by atoms with Gasteiger partial charge >= 0.3 is 5.97 Å². The lowest BCUT2D eigenvalue weighted by Gasteiger charge is -2.43. The number of benzene rings is 1. The highest BCUT2D eigenvalue weighted by Crippen LogP contribution is 2.50. The SMILES string of the molecule is Cc1onc(-c2ccccc2Cl)c1C(=O)N[C@H]1C(=O)N2[C@@H]1SC(C)(C)[C@H]2C(=O)O. The number of amides is 2. The zero-order valence-corrected chi connectivity index (χ0v) is 17.4. The molecule has 3 heterocycles. The van der Waals surface area contributed by atoms with Crippen molar-refractivity contribution < 1.29 is 24.0 Å². The van der Waals surface area contributed by atoms with Gasteiger partial charge in [0, 0.05) is 10.3 Å². The number of hydrogen-bond acceptors (Lipinski definition) is 6. The molecule has 8 nitrogen and oxygen atoms in total. The summed E-state index contributed by atoms with van der Waals surface area (Å²) in [5.41, 5.74) is 1.03. The molecule has 1 aromatic carbocycles. The molecule has 2 aromatic rings. The van der Waals surface area contributed by atoms with E-state index in [1.807, 2.05) is 0 Å². The molecule has 29 heavy (non-hydrogen) atoms. The molecule has 0 spiro atoms. The second kappa shape index (κ2) is 6.77. The van der Waals surface area contributed by atoms with E-state index in [0.29, 0.717) is 16.3 Å². The van der Waals surface area contributed by atoms with Crippen LogP contribution in [0.2, 0.25) is 5.02 Å². The lowest BCUT2D eigenvalue weighted by Crippen LogP contribution is -2.70. The molecule has 1 aromatic heterocycles. The highest BCUT2D eigenvalue weighted by atomic mass is 35.5. The molecule has 2 amide bonds. The van der Waals surface area contributed by atoms with Crippen molar-refractivity contribution in [3.63, 3.8) is 0 Å². The average Bonchev–Trinajstić information content (AvgIpc) is 3.15. The number of aliphatic carboxylic acids is 1. The van der Waals surface area contributed by atoms with Crippen LogP contribution in [-0.2, 0) is 9.59 Å². The van der Waals surface area contributed by atoms with E-state index >= 15 is 0 Å². The largest absolute Gasteiger partial charge is 0.480 e. The Balaban J connectivity index is 1.60. The maximum atomic E-state index is 13.0. The number of hydrogen-bond donors (Lipinski definition) is 2. The predicted molar refractivity (Wildman–Crippen MR) is 107 cm³/mol. The molecule has 3 atom stereocenters. The second-order valence-electron chi connectivity index (χ2n) is 7.49. The summed E-state index contributed by atoms with van der Waals surface area (Å²) in [6.45, 7) is 5.16. The van der Waals surface area contributed by atoms with Gasteiger partial charge in [-0.3, -0.25) is 9.59 Å². The van der Waals surface area contributed by atoms with Crippen molar-refractivity contribution in [3.05, 3.63) is 40.6 Å². The molecule has 0 aliphatic carbocycles. The van der Waals surface area contributed by atoms with E-state index in [2.05, 4.69) is 10.5 Å². The van der Waals surface area contributed by atoms with Gasteiger partial charge in [0.15, 0.2) is 0 Å². The third kappa shape index (κ3) is 3.00. The van der Waals surface area contributed by atoms with Crippen LogP contribution in [0.15, 0.2) is 28.8 Å². The maximum Gasteiger partial charge on any atom is 0.327 e. The predicted octanol–water partition coefficient (Wildman–Crippen LogP) is 2.55. The molecule has 152 valence electrons. The number of rotatable bonds is 4. The standard InChI is InChI=1S/C19H18ClN3O5S/c1-8-11(12(22-28-8)9-6-4-5-7-10(9)20)15(24)21-13-16(25)23-14(18(26)27)19(2,3)29-17(13)23/h4-7,13-14,17H,1-3H3,(H,21,24)(H,26,27)/t13-,14+,17+/m0/s1. The summed E-state index contributed by atoms with van der Waals surface area (Å²) >= 11 is 7.59. The van der Waals surface area contributed by atoms with Crippen LogP contribution in [0.4, 0.5) is 0 Å². The lowest BCUT2D eigenvalue weighted by atomic mass is 9.95. The van der Waals surface area contributed by atoms with Crippen molar-refractivity contribution in [1.29, 1.82) is 0 Å².